The van der Waals surface area contributed by atoms with Crippen LogP contribution in [0.3, 0.4) is 0 Å². The number of nitrogens with zero attached hydrogens (tertiary/aromatic N) is 2. The molecule has 1 amide bonds. The average molecular weight is 418 g/mol. The van der Waals surface area contributed by atoms with Crippen molar-refractivity contribution in [2.75, 3.05) is 32.0 Å². The van der Waals surface area contributed by atoms with Gasteiger partial charge in [-0.3, -0.25) is 19.4 Å². The number of anilines is 1. The van der Waals surface area contributed by atoms with Crippen LogP contribution in [0.15, 0.2) is 12.1 Å². The zero-order valence-electron chi connectivity index (χ0n) is 16.3. The van der Waals surface area contributed by atoms with E-state index in [4.69, 9.17) is 16.7 Å². The number of amides is 1. The summed E-state index contributed by atoms with van der Waals surface area (Å²) in [5, 5.41) is 12.4. The molecular formula is C19H29Cl2N3O3. The monoisotopic (exact) mass is 417 g/mol. The molecule has 1 aromatic carbocycles. The van der Waals surface area contributed by atoms with Crippen LogP contribution in [0.25, 0.3) is 0 Å². The largest absolute Gasteiger partial charge is 0.480 e. The van der Waals surface area contributed by atoms with E-state index in [0.29, 0.717) is 10.7 Å². The van der Waals surface area contributed by atoms with Crippen molar-refractivity contribution in [3.8, 4) is 0 Å². The molecule has 2 N–H and O–H groups in total. The molecule has 1 aliphatic heterocycles. The van der Waals surface area contributed by atoms with E-state index in [9.17, 15) is 9.59 Å². The summed E-state index contributed by atoms with van der Waals surface area (Å²) >= 11 is 6.28. The Bertz CT molecular complexity index is 653. The fourth-order valence-electron chi connectivity index (χ4n) is 3.52. The van der Waals surface area contributed by atoms with Gasteiger partial charge in [-0.05, 0) is 57.9 Å². The predicted molar refractivity (Wildman–Crippen MR) is 111 cm³/mol. The molecule has 1 fully saturated rings. The number of hydrogen-bond donors (Lipinski definition) is 2. The van der Waals surface area contributed by atoms with Gasteiger partial charge < -0.3 is 10.4 Å². The number of carbonyl (C=O) groups excluding carboxylic acids is 1. The molecule has 0 aliphatic carbocycles. The number of carbonyl (C=O) groups is 2. The van der Waals surface area contributed by atoms with Crippen LogP contribution in [-0.4, -0.2) is 65.5 Å². The van der Waals surface area contributed by atoms with Crippen LogP contribution >= 0.6 is 24.0 Å². The summed E-state index contributed by atoms with van der Waals surface area (Å²) in [7, 11) is 1.84. The quantitative estimate of drug-likeness (QED) is 0.743. The van der Waals surface area contributed by atoms with Crippen LogP contribution < -0.4 is 5.32 Å². The fourth-order valence-corrected chi connectivity index (χ4v) is 3.89. The number of aliphatic carboxylic acids is 1. The number of carboxylic acid groups (broad SMARTS) is 1. The molecule has 27 heavy (non-hydrogen) atoms. The second kappa shape index (κ2) is 10.3. The van der Waals surface area contributed by atoms with Crippen LogP contribution in [0.1, 0.15) is 30.9 Å². The lowest BCUT2D eigenvalue weighted by atomic mass is 10.0. The summed E-state index contributed by atoms with van der Waals surface area (Å²) in [6, 6.07) is 3.82. The first-order chi connectivity index (χ1) is 12.2. The molecule has 1 atom stereocenters. The number of hydrogen-bond acceptors (Lipinski definition) is 4. The first-order valence-corrected chi connectivity index (χ1v) is 9.30. The molecule has 1 aromatic rings. The highest BCUT2D eigenvalue weighted by molar-refractivity contribution is 6.34. The average Bonchev–Trinajstić information content (AvgIpc) is 2.56. The minimum Gasteiger partial charge on any atom is -0.480 e. The van der Waals surface area contributed by atoms with Gasteiger partial charge >= 0.3 is 5.97 Å². The van der Waals surface area contributed by atoms with Crippen molar-refractivity contribution in [2.24, 2.45) is 0 Å². The summed E-state index contributed by atoms with van der Waals surface area (Å²) in [5.74, 6) is -0.885. The second-order valence-electron chi connectivity index (χ2n) is 7.18. The van der Waals surface area contributed by atoms with E-state index < -0.39 is 5.97 Å². The molecule has 0 spiro atoms. The Hall–Kier alpha value is -1.34. The molecule has 6 nitrogen and oxygen atoms in total. The van der Waals surface area contributed by atoms with Crippen LogP contribution in [0.4, 0.5) is 5.69 Å². The number of halogens is 2. The highest BCUT2D eigenvalue weighted by Crippen LogP contribution is 2.28. The highest BCUT2D eigenvalue weighted by atomic mass is 35.5. The number of nitrogens with one attached hydrogen (secondary N) is 1. The minimum atomic E-state index is -0.812. The molecule has 0 saturated carbocycles. The number of rotatable bonds is 6. The number of likely N-dealkylation sites (N-methyl/N-ethyl adjacent to an activating group) is 1. The van der Waals surface area contributed by atoms with E-state index in [1.54, 1.807) is 0 Å². The molecule has 0 bridgehead atoms. The number of likely N-dealkylation sites (tertiary alicyclic amines) is 1. The molecular weight excluding hydrogens is 389 g/mol. The van der Waals surface area contributed by atoms with Crippen molar-refractivity contribution >= 4 is 41.6 Å². The smallest absolute Gasteiger partial charge is 0.317 e. The summed E-state index contributed by atoms with van der Waals surface area (Å²) in [4.78, 5) is 27.5. The van der Waals surface area contributed by atoms with Crippen molar-refractivity contribution in [2.45, 2.75) is 45.7 Å². The lowest BCUT2D eigenvalue weighted by molar-refractivity contribution is -0.138. The summed E-state index contributed by atoms with van der Waals surface area (Å²) < 4.78 is 0. The van der Waals surface area contributed by atoms with E-state index in [-0.39, 0.29) is 36.9 Å². The third-order valence-corrected chi connectivity index (χ3v) is 5.41. The van der Waals surface area contributed by atoms with Crippen molar-refractivity contribution < 1.29 is 14.7 Å². The highest BCUT2D eigenvalue weighted by Gasteiger charge is 2.29. The third-order valence-electron chi connectivity index (χ3n) is 5.11. The molecule has 1 saturated heterocycles. The zero-order valence-corrected chi connectivity index (χ0v) is 17.9. The van der Waals surface area contributed by atoms with Crippen molar-refractivity contribution in [3.63, 3.8) is 0 Å². The van der Waals surface area contributed by atoms with Gasteiger partial charge in [-0.1, -0.05) is 17.7 Å². The first-order valence-electron chi connectivity index (χ1n) is 8.92. The van der Waals surface area contributed by atoms with Crippen molar-refractivity contribution in [3.05, 3.63) is 28.3 Å². The van der Waals surface area contributed by atoms with Gasteiger partial charge in [0.25, 0.3) is 0 Å². The van der Waals surface area contributed by atoms with Crippen molar-refractivity contribution in [1.29, 1.82) is 0 Å². The third kappa shape index (κ3) is 6.35. The Kier molecular flexibility index (Phi) is 9.02. The first kappa shape index (κ1) is 23.7. The summed E-state index contributed by atoms with van der Waals surface area (Å²) in [5.41, 5.74) is 2.68. The van der Waals surface area contributed by atoms with E-state index >= 15 is 0 Å². The lowest BCUT2D eigenvalue weighted by Crippen LogP contribution is -2.50. The predicted octanol–water partition coefficient (Wildman–Crippen LogP) is 3.19. The zero-order chi connectivity index (χ0) is 19.4. The molecule has 2 rings (SSSR count). The summed E-state index contributed by atoms with van der Waals surface area (Å²) in [6.45, 7) is 7.38. The minimum absolute atomic E-state index is 0. The van der Waals surface area contributed by atoms with Crippen LogP contribution in [0, 0.1) is 13.8 Å². The molecule has 1 heterocycles. The van der Waals surface area contributed by atoms with Crippen LogP contribution in [0.2, 0.25) is 5.02 Å². The Morgan fingerprint density at radius 2 is 1.93 bits per heavy atom. The van der Waals surface area contributed by atoms with E-state index in [2.05, 4.69) is 10.2 Å². The Labute approximate surface area is 172 Å². The molecule has 0 aromatic heterocycles. The Morgan fingerprint density at radius 1 is 1.33 bits per heavy atom. The van der Waals surface area contributed by atoms with Gasteiger partial charge in [-0.25, -0.2) is 0 Å². The molecule has 1 aliphatic rings. The maximum atomic E-state index is 12.7. The van der Waals surface area contributed by atoms with Crippen molar-refractivity contribution in [1.82, 2.24) is 9.80 Å². The maximum absolute atomic E-state index is 12.7. The van der Waals surface area contributed by atoms with E-state index in [1.165, 1.54) is 0 Å². The molecule has 152 valence electrons. The van der Waals surface area contributed by atoms with Crippen LogP contribution in [0.5, 0.6) is 0 Å². The van der Waals surface area contributed by atoms with E-state index in [0.717, 1.165) is 37.1 Å². The topological polar surface area (TPSA) is 72.9 Å². The fraction of sp³-hybridized carbons (Fsp3) is 0.579. The number of benzene rings is 1. The number of carboxylic acids is 1. The van der Waals surface area contributed by atoms with Gasteiger partial charge in [-0.2, -0.15) is 0 Å². The second-order valence-corrected chi connectivity index (χ2v) is 7.59. The number of aryl methyl sites for hydroxylation is 2. The Morgan fingerprint density at radius 3 is 2.44 bits per heavy atom. The number of piperidine rings is 1. The van der Waals surface area contributed by atoms with Gasteiger partial charge in [0.1, 0.15) is 0 Å². The van der Waals surface area contributed by atoms with E-state index in [1.807, 2.05) is 44.9 Å². The maximum Gasteiger partial charge on any atom is 0.317 e. The van der Waals surface area contributed by atoms with Gasteiger partial charge in [-0.15, -0.1) is 12.4 Å². The van der Waals surface area contributed by atoms with Gasteiger partial charge in [0, 0.05) is 19.1 Å². The van der Waals surface area contributed by atoms with Crippen LogP contribution in [-0.2, 0) is 9.59 Å². The van der Waals surface area contributed by atoms with Gasteiger partial charge in [0.15, 0.2) is 0 Å². The Balaban J connectivity index is 0.00000364. The van der Waals surface area contributed by atoms with Gasteiger partial charge in [0.2, 0.25) is 5.91 Å². The molecule has 1 unspecified atom stereocenters. The SMILES string of the molecule is Cc1cc(C)c(NC(=O)C(C)N2CCC(N(C)CC(=O)O)CC2)c(Cl)c1.Cl. The standard InChI is InChI=1S/C19H28ClN3O3.ClH/c1-12-9-13(2)18(16(20)10-12)21-19(26)14(3)23-7-5-15(6-8-23)22(4)11-17(24)25;/h9-10,14-15H,5-8,11H2,1-4H3,(H,21,26)(H,24,25);1H. The molecule has 8 heteroatoms. The lowest BCUT2D eigenvalue weighted by Gasteiger charge is -2.38. The summed E-state index contributed by atoms with van der Waals surface area (Å²) in [6.07, 6.45) is 1.71. The normalized spacial score (nSPS) is 16.7. The molecule has 0 radical (unpaired) electrons. The van der Waals surface area contributed by atoms with Gasteiger partial charge in [0.05, 0.1) is 23.3 Å².